The van der Waals surface area contributed by atoms with E-state index in [-0.39, 0.29) is 17.0 Å². The molecule has 4 nitrogen and oxygen atoms in total. The molecule has 1 N–H and O–H groups in total. The van der Waals surface area contributed by atoms with Gasteiger partial charge in [-0.1, -0.05) is 18.2 Å². The van der Waals surface area contributed by atoms with Gasteiger partial charge in [-0.25, -0.2) is 0 Å². The van der Waals surface area contributed by atoms with Crippen molar-refractivity contribution in [3.63, 3.8) is 0 Å². The van der Waals surface area contributed by atoms with Crippen molar-refractivity contribution in [2.45, 2.75) is 6.18 Å². The number of carbonyl (C=O) groups excluding carboxylic acids is 1. The molecule has 0 aliphatic heterocycles. The van der Waals surface area contributed by atoms with Crippen LogP contribution in [0.4, 0.5) is 18.9 Å². The van der Waals surface area contributed by atoms with Gasteiger partial charge < -0.3 is 9.73 Å². The maximum Gasteiger partial charge on any atom is 0.416 e. The van der Waals surface area contributed by atoms with E-state index in [0.29, 0.717) is 5.39 Å². The number of benzene rings is 2. The molecule has 0 atom stereocenters. The van der Waals surface area contributed by atoms with Crippen molar-refractivity contribution in [3.8, 4) is 0 Å². The molecule has 0 radical (unpaired) electrons. The molecule has 7 heteroatoms. The molecular formula is C17H10F3NO3. The van der Waals surface area contributed by atoms with Crippen LogP contribution in [0.5, 0.6) is 0 Å². The summed E-state index contributed by atoms with van der Waals surface area (Å²) in [4.78, 5) is 24.1. The van der Waals surface area contributed by atoms with Crippen molar-refractivity contribution in [2.24, 2.45) is 0 Å². The smallest absolute Gasteiger partial charge is 0.416 e. The monoisotopic (exact) mass is 333 g/mol. The summed E-state index contributed by atoms with van der Waals surface area (Å²) in [6.45, 7) is 0. The molecule has 2 aromatic carbocycles. The Balaban J connectivity index is 1.92. The average Bonchev–Trinajstić information content (AvgIpc) is 2.54. The Morgan fingerprint density at radius 3 is 2.50 bits per heavy atom. The second-order valence-electron chi connectivity index (χ2n) is 5.00. The molecule has 1 heterocycles. The third-order valence-electron chi connectivity index (χ3n) is 3.31. The minimum Gasteiger partial charge on any atom is -0.451 e. The van der Waals surface area contributed by atoms with E-state index in [1.54, 1.807) is 18.2 Å². The summed E-state index contributed by atoms with van der Waals surface area (Å²) in [6.07, 6.45) is -4.52. The van der Waals surface area contributed by atoms with Crippen LogP contribution in [0.1, 0.15) is 16.1 Å². The van der Waals surface area contributed by atoms with Gasteiger partial charge in [0.05, 0.1) is 10.9 Å². The molecule has 0 unspecified atom stereocenters. The lowest BCUT2D eigenvalue weighted by atomic mass is 10.2. The number of halogens is 3. The van der Waals surface area contributed by atoms with Crippen LogP contribution in [0.15, 0.2) is 63.8 Å². The lowest BCUT2D eigenvalue weighted by Crippen LogP contribution is -2.15. The first-order valence-electron chi connectivity index (χ1n) is 6.86. The molecule has 0 aliphatic carbocycles. The number of hydrogen-bond acceptors (Lipinski definition) is 3. The second-order valence-corrected chi connectivity index (χ2v) is 5.00. The predicted octanol–water partition coefficient (Wildman–Crippen LogP) is 4.06. The Morgan fingerprint density at radius 2 is 1.75 bits per heavy atom. The van der Waals surface area contributed by atoms with E-state index in [2.05, 4.69) is 5.32 Å². The Bertz CT molecular complexity index is 976. The number of alkyl halides is 3. The van der Waals surface area contributed by atoms with Gasteiger partial charge in [-0.2, -0.15) is 13.2 Å². The van der Waals surface area contributed by atoms with Gasteiger partial charge in [0.15, 0.2) is 11.2 Å². The number of anilines is 1. The van der Waals surface area contributed by atoms with Crippen LogP contribution in [0.3, 0.4) is 0 Å². The highest BCUT2D eigenvalue weighted by Gasteiger charge is 2.30. The summed E-state index contributed by atoms with van der Waals surface area (Å²) < 4.78 is 43.4. The van der Waals surface area contributed by atoms with Gasteiger partial charge in [0.25, 0.3) is 5.91 Å². The Kier molecular flexibility index (Phi) is 3.84. The molecule has 0 bridgehead atoms. The first kappa shape index (κ1) is 15.8. The SMILES string of the molecule is O=C(Nc1cccc(C(F)(F)F)c1)c1cc(=O)c2ccccc2o1. The maximum atomic E-state index is 12.7. The molecule has 0 aliphatic rings. The Hall–Kier alpha value is -3.09. The molecule has 3 aromatic rings. The van der Waals surface area contributed by atoms with Gasteiger partial charge in [0.1, 0.15) is 5.58 Å². The molecule has 24 heavy (non-hydrogen) atoms. The fraction of sp³-hybridized carbons (Fsp3) is 0.0588. The van der Waals surface area contributed by atoms with E-state index in [1.807, 2.05) is 0 Å². The lowest BCUT2D eigenvalue weighted by Gasteiger charge is -2.09. The van der Waals surface area contributed by atoms with Gasteiger partial charge in [0.2, 0.25) is 0 Å². The highest BCUT2D eigenvalue weighted by atomic mass is 19.4. The molecule has 1 aromatic heterocycles. The highest BCUT2D eigenvalue weighted by Crippen LogP contribution is 2.30. The summed E-state index contributed by atoms with van der Waals surface area (Å²) in [5, 5.41) is 2.60. The third kappa shape index (κ3) is 3.15. The van der Waals surface area contributed by atoms with Crippen LogP contribution in [0.2, 0.25) is 0 Å². The Morgan fingerprint density at radius 1 is 1.00 bits per heavy atom. The van der Waals surface area contributed by atoms with Gasteiger partial charge in [0, 0.05) is 11.8 Å². The molecular weight excluding hydrogens is 323 g/mol. The van der Waals surface area contributed by atoms with E-state index in [0.717, 1.165) is 18.2 Å². The van der Waals surface area contributed by atoms with Crippen molar-refractivity contribution in [3.05, 3.63) is 76.1 Å². The zero-order valence-electron chi connectivity index (χ0n) is 12.1. The van der Waals surface area contributed by atoms with E-state index in [9.17, 15) is 22.8 Å². The summed E-state index contributed by atoms with van der Waals surface area (Å²) in [5.74, 6) is -1.09. The van der Waals surface area contributed by atoms with E-state index in [4.69, 9.17) is 4.42 Å². The van der Waals surface area contributed by atoms with Crippen LogP contribution in [0, 0.1) is 0 Å². The van der Waals surface area contributed by atoms with E-state index in [1.165, 1.54) is 18.2 Å². The quantitative estimate of drug-likeness (QED) is 0.769. The predicted molar refractivity (Wildman–Crippen MR) is 81.9 cm³/mol. The standard InChI is InChI=1S/C17H10F3NO3/c18-17(19,20)10-4-3-5-11(8-10)21-16(23)15-9-13(22)12-6-1-2-7-14(12)24-15/h1-9H,(H,21,23). The minimum atomic E-state index is -4.52. The molecule has 122 valence electrons. The van der Waals surface area contributed by atoms with Crippen molar-refractivity contribution < 1.29 is 22.4 Å². The van der Waals surface area contributed by atoms with Crippen LogP contribution >= 0.6 is 0 Å². The average molecular weight is 333 g/mol. The van der Waals surface area contributed by atoms with Gasteiger partial charge in [-0.3, -0.25) is 9.59 Å². The molecule has 3 rings (SSSR count). The van der Waals surface area contributed by atoms with Crippen LogP contribution in [0.25, 0.3) is 11.0 Å². The molecule has 0 saturated carbocycles. The molecule has 0 fully saturated rings. The Labute approximate surface area is 133 Å². The maximum absolute atomic E-state index is 12.7. The fourth-order valence-electron chi connectivity index (χ4n) is 2.18. The first-order chi connectivity index (χ1) is 11.3. The van der Waals surface area contributed by atoms with Crippen molar-refractivity contribution >= 4 is 22.6 Å². The van der Waals surface area contributed by atoms with Gasteiger partial charge >= 0.3 is 6.18 Å². The van der Waals surface area contributed by atoms with Crippen LogP contribution < -0.4 is 10.7 Å². The molecule has 0 saturated heterocycles. The largest absolute Gasteiger partial charge is 0.451 e. The zero-order valence-corrected chi connectivity index (χ0v) is 12.1. The number of carbonyl (C=O) groups is 1. The summed E-state index contributed by atoms with van der Waals surface area (Å²) in [6, 6.07) is 11.6. The van der Waals surface area contributed by atoms with Crippen LogP contribution in [-0.4, -0.2) is 5.91 Å². The third-order valence-corrected chi connectivity index (χ3v) is 3.31. The lowest BCUT2D eigenvalue weighted by molar-refractivity contribution is -0.137. The first-order valence-corrected chi connectivity index (χ1v) is 6.86. The van der Waals surface area contributed by atoms with Crippen LogP contribution in [-0.2, 0) is 6.18 Å². The number of rotatable bonds is 2. The van der Waals surface area contributed by atoms with Crippen molar-refractivity contribution in [2.75, 3.05) is 5.32 Å². The number of hydrogen-bond donors (Lipinski definition) is 1. The number of para-hydroxylation sites is 1. The number of amides is 1. The van der Waals surface area contributed by atoms with E-state index < -0.39 is 23.1 Å². The highest BCUT2D eigenvalue weighted by molar-refractivity contribution is 6.03. The molecule has 0 spiro atoms. The van der Waals surface area contributed by atoms with Gasteiger partial charge in [-0.05, 0) is 30.3 Å². The molecule has 1 amide bonds. The van der Waals surface area contributed by atoms with Gasteiger partial charge in [-0.15, -0.1) is 0 Å². The second kappa shape index (κ2) is 5.84. The summed E-state index contributed by atoms with van der Waals surface area (Å²) >= 11 is 0. The number of fused-ring (bicyclic) bond motifs is 1. The summed E-state index contributed by atoms with van der Waals surface area (Å²) in [7, 11) is 0. The normalized spacial score (nSPS) is 11.5. The summed E-state index contributed by atoms with van der Waals surface area (Å²) in [5.41, 5.74) is -1.13. The topological polar surface area (TPSA) is 59.3 Å². The number of nitrogens with one attached hydrogen (secondary N) is 1. The van der Waals surface area contributed by atoms with Crippen molar-refractivity contribution in [1.29, 1.82) is 0 Å². The minimum absolute atomic E-state index is 0.0503. The van der Waals surface area contributed by atoms with Crippen molar-refractivity contribution in [1.82, 2.24) is 0 Å². The fourth-order valence-corrected chi connectivity index (χ4v) is 2.18. The zero-order chi connectivity index (χ0) is 17.3. The van der Waals surface area contributed by atoms with E-state index >= 15 is 0 Å².